The van der Waals surface area contributed by atoms with Gasteiger partial charge >= 0.3 is 0 Å². The summed E-state index contributed by atoms with van der Waals surface area (Å²) in [4.78, 5) is 18.4. The van der Waals surface area contributed by atoms with Gasteiger partial charge in [-0.2, -0.15) is 4.98 Å². The molecule has 1 N–H and O–H groups in total. The molecule has 1 amide bonds. The molecule has 0 radical (unpaired) electrons. The highest BCUT2D eigenvalue weighted by molar-refractivity contribution is 5.90. The fraction of sp³-hybridized carbons (Fsp3) is 0.769. The number of nitrogens with one attached hydrogen (secondary N) is 1. The first-order chi connectivity index (χ1) is 9.24. The van der Waals surface area contributed by atoms with Gasteiger partial charge in [0.2, 0.25) is 5.89 Å². The Balaban J connectivity index is 1.68. The van der Waals surface area contributed by atoms with E-state index in [0.717, 1.165) is 32.4 Å². The minimum atomic E-state index is -0.0910. The largest absolute Gasteiger partial charge is 0.339 e. The average Bonchev–Trinajstić information content (AvgIpc) is 3.18. The van der Waals surface area contributed by atoms with Gasteiger partial charge in [-0.25, -0.2) is 0 Å². The van der Waals surface area contributed by atoms with Gasteiger partial charge in [0, 0.05) is 25.6 Å². The third kappa shape index (κ3) is 2.94. The van der Waals surface area contributed by atoms with E-state index in [0.29, 0.717) is 18.0 Å². The van der Waals surface area contributed by atoms with Crippen LogP contribution in [0.3, 0.4) is 0 Å². The van der Waals surface area contributed by atoms with Crippen molar-refractivity contribution in [3.05, 3.63) is 11.7 Å². The highest BCUT2D eigenvalue weighted by atomic mass is 16.5. The van der Waals surface area contributed by atoms with Gasteiger partial charge in [-0.05, 0) is 32.2 Å². The van der Waals surface area contributed by atoms with Crippen LogP contribution in [0.25, 0.3) is 0 Å². The molecule has 0 aromatic carbocycles. The Morgan fingerprint density at radius 2 is 2.26 bits per heavy atom. The molecule has 104 valence electrons. The number of rotatable bonds is 4. The lowest BCUT2D eigenvalue weighted by atomic mass is 10.0. The summed E-state index contributed by atoms with van der Waals surface area (Å²) in [5, 5.41) is 7.23. The predicted molar refractivity (Wildman–Crippen MR) is 68.7 cm³/mol. The van der Waals surface area contributed by atoms with Crippen LogP contribution in [0.2, 0.25) is 0 Å². The molecule has 2 heterocycles. The topological polar surface area (TPSA) is 71.3 Å². The van der Waals surface area contributed by atoms with Crippen LogP contribution in [-0.4, -0.2) is 46.1 Å². The van der Waals surface area contributed by atoms with Gasteiger partial charge in [0.1, 0.15) is 0 Å². The van der Waals surface area contributed by atoms with E-state index in [2.05, 4.69) is 15.5 Å². The molecule has 1 aromatic rings. The number of carbonyl (C=O) groups excluding carboxylic acids is 1. The minimum absolute atomic E-state index is 0.0910. The van der Waals surface area contributed by atoms with E-state index in [1.54, 1.807) is 6.92 Å². The van der Waals surface area contributed by atoms with E-state index in [4.69, 9.17) is 4.52 Å². The van der Waals surface area contributed by atoms with Crippen LogP contribution in [-0.2, 0) is 0 Å². The Bertz CT molecular complexity index is 449. The molecular formula is C13H20N4O2. The summed E-state index contributed by atoms with van der Waals surface area (Å²) in [6.45, 7) is 3.52. The number of aryl methyl sites for hydroxylation is 1. The van der Waals surface area contributed by atoms with Crippen molar-refractivity contribution in [1.29, 1.82) is 0 Å². The Morgan fingerprint density at radius 3 is 2.84 bits per heavy atom. The van der Waals surface area contributed by atoms with E-state index >= 15 is 0 Å². The molecule has 0 spiro atoms. The van der Waals surface area contributed by atoms with Gasteiger partial charge in [0.25, 0.3) is 11.7 Å². The molecule has 19 heavy (non-hydrogen) atoms. The second-order valence-electron chi connectivity index (χ2n) is 5.47. The van der Waals surface area contributed by atoms with Crippen molar-refractivity contribution in [3.8, 4) is 0 Å². The first-order valence-corrected chi connectivity index (χ1v) is 7.08. The average molecular weight is 264 g/mol. The normalized spacial score (nSPS) is 23.3. The zero-order chi connectivity index (χ0) is 13.2. The summed E-state index contributed by atoms with van der Waals surface area (Å²) >= 11 is 0. The molecule has 1 aliphatic heterocycles. The van der Waals surface area contributed by atoms with Gasteiger partial charge in [-0.3, -0.25) is 4.79 Å². The van der Waals surface area contributed by atoms with Crippen LogP contribution in [0.5, 0.6) is 0 Å². The summed E-state index contributed by atoms with van der Waals surface area (Å²) in [6.07, 6.45) is 5.80. The maximum atomic E-state index is 12.4. The van der Waals surface area contributed by atoms with Crippen LogP contribution in [0.15, 0.2) is 4.52 Å². The molecule has 1 unspecified atom stereocenters. The van der Waals surface area contributed by atoms with Crippen LogP contribution in [0.1, 0.15) is 48.6 Å². The highest BCUT2D eigenvalue weighted by Crippen LogP contribution is 2.28. The zero-order valence-corrected chi connectivity index (χ0v) is 11.3. The fourth-order valence-corrected chi connectivity index (χ4v) is 2.62. The lowest BCUT2D eigenvalue weighted by Gasteiger charge is -2.30. The maximum absolute atomic E-state index is 12.4. The van der Waals surface area contributed by atoms with E-state index in [9.17, 15) is 4.79 Å². The third-order valence-corrected chi connectivity index (χ3v) is 3.80. The summed E-state index contributed by atoms with van der Waals surface area (Å²) in [7, 11) is 0. The molecule has 3 rings (SSSR count). The number of hydrogen-bond donors (Lipinski definition) is 1. The first-order valence-electron chi connectivity index (χ1n) is 7.08. The summed E-state index contributed by atoms with van der Waals surface area (Å²) < 4.78 is 4.90. The Hall–Kier alpha value is -1.43. The molecule has 1 saturated heterocycles. The number of amides is 1. The number of carbonyl (C=O) groups is 1. The Morgan fingerprint density at radius 1 is 1.42 bits per heavy atom. The summed E-state index contributed by atoms with van der Waals surface area (Å²) in [5.41, 5.74) is 0. The Kier molecular flexibility index (Phi) is 3.50. The summed E-state index contributed by atoms with van der Waals surface area (Å²) in [5.74, 6) is 0.543. The predicted octanol–water partition coefficient (Wildman–Crippen LogP) is 1.12. The van der Waals surface area contributed by atoms with Crippen molar-refractivity contribution in [2.24, 2.45) is 0 Å². The SMILES string of the molecule is Cc1nc(C(=O)N(CC2CCCCN2)C2CC2)no1. The van der Waals surface area contributed by atoms with Crippen molar-refractivity contribution < 1.29 is 9.32 Å². The monoisotopic (exact) mass is 264 g/mol. The molecule has 0 bridgehead atoms. The van der Waals surface area contributed by atoms with Crippen LogP contribution < -0.4 is 5.32 Å². The number of aromatic nitrogens is 2. The molecule has 2 aliphatic rings. The third-order valence-electron chi connectivity index (χ3n) is 3.80. The van der Waals surface area contributed by atoms with E-state index in [1.807, 2.05) is 4.90 Å². The van der Waals surface area contributed by atoms with Gasteiger partial charge < -0.3 is 14.7 Å². The minimum Gasteiger partial charge on any atom is -0.339 e. The molecule has 1 aromatic heterocycles. The van der Waals surface area contributed by atoms with Gasteiger partial charge in [-0.15, -0.1) is 0 Å². The van der Waals surface area contributed by atoms with Gasteiger partial charge in [0.15, 0.2) is 0 Å². The van der Waals surface area contributed by atoms with Gasteiger partial charge in [0.05, 0.1) is 0 Å². The Labute approximate surface area is 112 Å². The van der Waals surface area contributed by atoms with Crippen molar-refractivity contribution in [2.45, 2.75) is 51.1 Å². The van der Waals surface area contributed by atoms with Gasteiger partial charge in [-0.1, -0.05) is 11.6 Å². The quantitative estimate of drug-likeness (QED) is 0.882. The molecule has 1 atom stereocenters. The van der Waals surface area contributed by atoms with Crippen LogP contribution >= 0.6 is 0 Å². The van der Waals surface area contributed by atoms with Crippen LogP contribution in [0.4, 0.5) is 0 Å². The molecular weight excluding hydrogens is 244 g/mol. The van der Waals surface area contributed by atoms with Crippen molar-refractivity contribution >= 4 is 5.91 Å². The number of piperidine rings is 1. The van der Waals surface area contributed by atoms with Crippen molar-refractivity contribution in [1.82, 2.24) is 20.4 Å². The summed E-state index contributed by atoms with van der Waals surface area (Å²) in [6, 6.07) is 0.779. The molecule has 1 aliphatic carbocycles. The number of hydrogen-bond acceptors (Lipinski definition) is 5. The van der Waals surface area contributed by atoms with Crippen molar-refractivity contribution in [3.63, 3.8) is 0 Å². The maximum Gasteiger partial charge on any atom is 0.295 e. The van der Waals surface area contributed by atoms with E-state index < -0.39 is 0 Å². The standard InChI is InChI=1S/C13H20N4O2/c1-9-15-12(16-19-9)13(18)17(11-5-6-11)8-10-4-2-3-7-14-10/h10-11,14H,2-8H2,1H3. The fourth-order valence-electron chi connectivity index (χ4n) is 2.62. The lowest BCUT2D eigenvalue weighted by molar-refractivity contribution is 0.0702. The first kappa shape index (κ1) is 12.6. The molecule has 6 heteroatoms. The zero-order valence-electron chi connectivity index (χ0n) is 11.3. The van der Waals surface area contributed by atoms with Crippen molar-refractivity contribution in [2.75, 3.05) is 13.1 Å². The second kappa shape index (κ2) is 5.28. The molecule has 2 fully saturated rings. The smallest absolute Gasteiger partial charge is 0.295 e. The van der Waals surface area contributed by atoms with E-state index in [1.165, 1.54) is 12.8 Å². The number of nitrogens with zero attached hydrogens (tertiary/aromatic N) is 3. The molecule has 6 nitrogen and oxygen atoms in total. The highest BCUT2D eigenvalue weighted by Gasteiger charge is 2.36. The van der Waals surface area contributed by atoms with E-state index in [-0.39, 0.29) is 11.7 Å². The van der Waals surface area contributed by atoms with Crippen LogP contribution in [0, 0.1) is 6.92 Å². The lowest BCUT2D eigenvalue weighted by Crippen LogP contribution is -2.46. The molecule has 1 saturated carbocycles. The second-order valence-corrected chi connectivity index (χ2v) is 5.47.